The SMILES string of the molecule is O=S(=O)([O-])C[C@H]1O[C@H](OCC(O)CO)[C@H](O)[C@@H](O)[C@@H]1O.[Na+]. The molecule has 120 valence electrons. The third-order valence-corrected chi connectivity index (χ3v) is 3.44. The van der Waals surface area contributed by atoms with Crippen molar-refractivity contribution in [3.63, 3.8) is 0 Å². The standard InChI is InChI=1S/C9H18O10S.Na/c10-1-4(11)2-18-9-8(14)7(13)6(12)5(19-9)3-20(15,16)17;/h4-14H,1-3H2,(H,15,16,17);/q;+1/p-1/t4?,5-,6-,7+,8-,9+;/m1./s1. The van der Waals surface area contributed by atoms with Crippen LogP contribution in [0.2, 0.25) is 0 Å². The Labute approximate surface area is 143 Å². The second-order valence-electron chi connectivity index (χ2n) is 4.41. The third kappa shape index (κ3) is 6.72. The molecule has 10 nitrogen and oxygen atoms in total. The summed E-state index contributed by atoms with van der Waals surface area (Å²) in [4.78, 5) is 0. The van der Waals surface area contributed by atoms with Gasteiger partial charge >= 0.3 is 29.6 Å². The van der Waals surface area contributed by atoms with Gasteiger partial charge in [0.15, 0.2) is 6.29 Å². The Kier molecular flexibility index (Phi) is 9.33. The fourth-order valence-corrected chi connectivity index (χ4v) is 2.33. The van der Waals surface area contributed by atoms with Crippen LogP contribution in [0.4, 0.5) is 0 Å². The van der Waals surface area contributed by atoms with Gasteiger partial charge in [-0.15, -0.1) is 0 Å². The van der Waals surface area contributed by atoms with E-state index < -0.39 is 65.9 Å². The Hall–Kier alpha value is 0.630. The maximum absolute atomic E-state index is 10.6. The summed E-state index contributed by atoms with van der Waals surface area (Å²) < 4.78 is 41.7. The number of aliphatic hydroxyl groups is 5. The summed E-state index contributed by atoms with van der Waals surface area (Å²) in [7, 11) is -4.73. The van der Waals surface area contributed by atoms with E-state index in [-0.39, 0.29) is 29.6 Å². The largest absolute Gasteiger partial charge is 1.00 e. The van der Waals surface area contributed by atoms with Crippen molar-refractivity contribution in [1.29, 1.82) is 0 Å². The van der Waals surface area contributed by atoms with Gasteiger partial charge in [-0.25, -0.2) is 8.42 Å². The minimum Gasteiger partial charge on any atom is -0.748 e. The summed E-state index contributed by atoms with van der Waals surface area (Å²) in [5, 5.41) is 46.3. The molecule has 1 unspecified atom stereocenters. The molecule has 5 N–H and O–H groups in total. The summed E-state index contributed by atoms with van der Waals surface area (Å²) >= 11 is 0. The molecular weight excluding hydrogens is 323 g/mol. The van der Waals surface area contributed by atoms with E-state index in [9.17, 15) is 28.3 Å². The first-order chi connectivity index (χ1) is 9.15. The predicted octanol–water partition coefficient (Wildman–Crippen LogP) is -7.29. The van der Waals surface area contributed by atoms with E-state index in [4.69, 9.17) is 19.7 Å². The van der Waals surface area contributed by atoms with E-state index in [1.807, 2.05) is 0 Å². The van der Waals surface area contributed by atoms with Gasteiger partial charge in [0, 0.05) is 0 Å². The van der Waals surface area contributed by atoms with Crippen molar-refractivity contribution in [1.82, 2.24) is 0 Å². The van der Waals surface area contributed by atoms with Crippen LogP contribution in [0.25, 0.3) is 0 Å². The molecule has 0 aromatic rings. The van der Waals surface area contributed by atoms with Gasteiger partial charge < -0.3 is 39.6 Å². The fraction of sp³-hybridized carbons (Fsp3) is 1.00. The van der Waals surface area contributed by atoms with Gasteiger partial charge in [-0.3, -0.25) is 0 Å². The van der Waals surface area contributed by atoms with Crippen LogP contribution in [-0.4, -0.2) is 94.3 Å². The van der Waals surface area contributed by atoms with Crippen molar-refractivity contribution in [2.45, 2.75) is 36.8 Å². The number of aliphatic hydroxyl groups excluding tert-OH is 5. The molecular formula is C9H17NaO10S. The molecule has 1 heterocycles. The van der Waals surface area contributed by atoms with Gasteiger partial charge in [-0.2, -0.15) is 0 Å². The summed E-state index contributed by atoms with van der Waals surface area (Å²) in [6.07, 6.45) is -9.67. The van der Waals surface area contributed by atoms with Crippen LogP contribution in [0.3, 0.4) is 0 Å². The molecule has 6 atom stereocenters. The van der Waals surface area contributed by atoms with Crippen molar-refractivity contribution in [3.05, 3.63) is 0 Å². The number of hydrogen-bond acceptors (Lipinski definition) is 10. The monoisotopic (exact) mass is 340 g/mol. The van der Waals surface area contributed by atoms with Crippen LogP contribution < -0.4 is 29.6 Å². The van der Waals surface area contributed by atoms with Crippen molar-refractivity contribution < 1.29 is 77.5 Å². The first-order valence-electron chi connectivity index (χ1n) is 5.69. The number of rotatable bonds is 6. The van der Waals surface area contributed by atoms with Crippen molar-refractivity contribution in [2.24, 2.45) is 0 Å². The molecule has 1 rings (SSSR count). The first kappa shape index (κ1) is 21.6. The Balaban J connectivity index is 0.00000400. The van der Waals surface area contributed by atoms with E-state index >= 15 is 0 Å². The van der Waals surface area contributed by atoms with Gasteiger partial charge in [-0.1, -0.05) is 0 Å². The summed E-state index contributed by atoms with van der Waals surface area (Å²) in [6, 6.07) is 0. The summed E-state index contributed by atoms with van der Waals surface area (Å²) in [5.41, 5.74) is 0. The molecule has 12 heteroatoms. The quantitative estimate of drug-likeness (QED) is 0.230. The third-order valence-electron chi connectivity index (χ3n) is 2.70. The Morgan fingerprint density at radius 3 is 2.24 bits per heavy atom. The Morgan fingerprint density at radius 2 is 1.76 bits per heavy atom. The Morgan fingerprint density at radius 1 is 1.19 bits per heavy atom. The van der Waals surface area contributed by atoms with E-state index in [1.54, 1.807) is 0 Å². The molecule has 0 saturated carbocycles. The van der Waals surface area contributed by atoms with Crippen LogP contribution in [0.15, 0.2) is 0 Å². The van der Waals surface area contributed by atoms with Crippen molar-refractivity contribution >= 4 is 10.1 Å². The van der Waals surface area contributed by atoms with Gasteiger partial charge in [0.2, 0.25) is 0 Å². The van der Waals surface area contributed by atoms with Crippen LogP contribution in [0.5, 0.6) is 0 Å². The van der Waals surface area contributed by atoms with Crippen molar-refractivity contribution in [2.75, 3.05) is 19.0 Å². The molecule has 0 bridgehead atoms. The van der Waals surface area contributed by atoms with Crippen LogP contribution in [0, 0.1) is 0 Å². The smallest absolute Gasteiger partial charge is 0.748 e. The maximum Gasteiger partial charge on any atom is 1.00 e. The van der Waals surface area contributed by atoms with E-state index in [2.05, 4.69) is 0 Å². The molecule has 0 aromatic heterocycles. The van der Waals surface area contributed by atoms with Crippen LogP contribution in [-0.2, 0) is 19.6 Å². The Bertz CT molecular complexity index is 403. The molecule has 0 aromatic carbocycles. The molecule has 21 heavy (non-hydrogen) atoms. The second kappa shape index (κ2) is 9.05. The summed E-state index contributed by atoms with van der Waals surface area (Å²) in [6.45, 7) is -1.08. The van der Waals surface area contributed by atoms with E-state index in [1.165, 1.54) is 0 Å². The number of hydrogen-bond donors (Lipinski definition) is 5. The zero-order valence-electron chi connectivity index (χ0n) is 11.3. The first-order valence-corrected chi connectivity index (χ1v) is 7.27. The molecule has 1 aliphatic rings. The molecule has 0 aliphatic carbocycles. The molecule has 1 saturated heterocycles. The van der Waals surface area contributed by atoms with Gasteiger partial charge in [0.05, 0.1) is 29.1 Å². The van der Waals surface area contributed by atoms with Gasteiger partial charge in [0.1, 0.15) is 30.5 Å². The minimum atomic E-state index is -4.73. The van der Waals surface area contributed by atoms with Crippen molar-refractivity contribution in [3.8, 4) is 0 Å². The minimum absolute atomic E-state index is 0. The normalized spacial score (nSPS) is 35.0. The molecule has 1 fully saturated rings. The topological polar surface area (TPSA) is 177 Å². The molecule has 0 radical (unpaired) electrons. The van der Waals surface area contributed by atoms with E-state index in [0.29, 0.717) is 0 Å². The maximum atomic E-state index is 10.6. The fourth-order valence-electron chi connectivity index (χ4n) is 1.65. The van der Waals surface area contributed by atoms with Crippen LogP contribution >= 0.6 is 0 Å². The molecule has 1 aliphatic heterocycles. The number of ether oxygens (including phenoxy) is 2. The van der Waals surface area contributed by atoms with Gasteiger partial charge in [-0.05, 0) is 0 Å². The second-order valence-corrected chi connectivity index (χ2v) is 5.86. The van der Waals surface area contributed by atoms with E-state index in [0.717, 1.165) is 0 Å². The predicted molar refractivity (Wildman–Crippen MR) is 60.3 cm³/mol. The molecule has 0 spiro atoms. The van der Waals surface area contributed by atoms with Gasteiger partial charge in [0.25, 0.3) is 0 Å². The summed E-state index contributed by atoms with van der Waals surface area (Å²) in [5.74, 6) is -1.11. The zero-order chi connectivity index (χ0) is 15.5. The average Bonchev–Trinajstić information content (AvgIpc) is 2.36. The zero-order valence-corrected chi connectivity index (χ0v) is 14.1. The molecule has 0 amide bonds. The van der Waals surface area contributed by atoms with Crippen LogP contribution in [0.1, 0.15) is 0 Å². The average molecular weight is 340 g/mol.